The molecule has 6 nitrogen and oxygen atoms in total. The molecule has 0 fully saturated rings. The molecule has 0 radical (unpaired) electrons. The van der Waals surface area contributed by atoms with Gasteiger partial charge in [0.05, 0.1) is 11.2 Å². The van der Waals surface area contributed by atoms with E-state index < -0.39 is 12.0 Å². The largest absolute Gasteiger partial charge is 0.482 e. The van der Waals surface area contributed by atoms with Crippen molar-refractivity contribution in [2.24, 2.45) is 0 Å². The summed E-state index contributed by atoms with van der Waals surface area (Å²) in [7, 11) is 0. The van der Waals surface area contributed by atoms with Crippen LogP contribution in [0.1, 0.15) is 5.82 Å². The van der Waals surface area contributed by atoms with Crippen LogP contribution < -0.4 is 15.4 Å². The smallest absolute Gasteiger partial charge is 0.451 e. The summed E-state index contributed by atoms with van der Waals surface area (Å²) < 4.78 is 44.5. The van der Waals surface area contributed by atoms with Gasteiger partial charge in [0.2, 0.25) is 5.82 Å². The lowest BCUT2D eigenvalue weighted by atomic mass is 10.2. The minimum Gasteiger partial charge on any atom is -0.482 e. The molecule has 0 bridgehead atoms. The first-order valence-electron chi connectivity index (χ1n) is 7.58. The lowest BCUT2D eigenvalue weighted by Crippen LogP contribution is -2.25. The summed E-state index contributed by atoms with van der Waals surface area (Å²) in [4.78, 5) is 18.6. The molecule has 1 aromatic heterocycles. The average Bonchev–Trinajstić information content (AvgIpc) is 2.60. The van der Waals surface area contributed by atoms with Crippen LogP contribution in [-0.2, 0) is 11.0 Å². The lowest BCUT2D eigenvalue weighted by Gasteiger charge is -2.19. The van der Waals surface area contributed by atoms with Gasteiger partial charge in [0, 0.05) is 11.1 Å². The fourth-order valence-corrected chi connectivity index (χ4v) is 2.60. The van der Waals surface area contributed by atoms with Crippen LogP contribution in [-0.4, -0.2) is 22.5 Å². The number of aromatic nitrogens is 2. The van der Waals surface area contributed by atoms with Gasteiger partial charge in [0.25, 0.3) is 5.91 Å². The van der Waals surface area contributed by atoms with Crippen LogP contribution in [0.3, 0.4) is 0 Å². The molecule has 0 spiro atoms. The fraction of sp³-hybridized carbons (Fsp3) is 0.118. The standard InChI is InChI=1S/C17H11F3N4O2/c18-17(19,20)16-23-11-4-2-1-3-10(11)15(24-16)21-9-5-6-13-12(7-9)22-14(25)8-26-13/h1-7H,8H2,(H,22,25)(H,21,23,24). The van der Waals surface area contributed by atoms with E-state index in [1.54, 1.807) is 36.4 Å². The first kappa shape index (κ1) is 16.1. The van der Waals surface area contributed by atoms with E-state index in [1.165, 1.54) is 6.07 Å². The Morgan fingerprint density at radius 3 is 2.73 bits per heavy atom. The molecule has 0 atom stereocenters. The highest BCUT2D eigenvalue weighted by molar-refractivity contribution is 5.96. The number of carbonyl (C=O) groups excluding carboxylic acids is 1. The monoisotopic (exact) mass is 360 g/mol. The maximum atomic E-state index is 13.1. The van der Waals surface area contributed by atoms with Crippen LogP contribution in [0.4, 0.5) is 30.4 Å². The zero-order valence-corrected chi connectivity index (χ0v) is 13.1. The molecular weight excluding hydrogens is 349 g/mol. The molecular formula is C17H11F3N4O2. The summed E-state index contributed by atoms with van der Waals surface area (Å²) in [6, 6.07) is 11.2. The van der Waals surface area contributed by atoms with Gasteiger partial charge in [-0.15, -0.1) is 0 Å². The Morgan fingerprint density at radius 2 is 1.92 bits per heavy atom. The third-order valence-electron chi connectivity index (χ3n) is 3.73. The van der Waals surface area contributed by atoms with E-state index in [4.69, 9.17) is 4.74 Å². The number of ether oxygens (including phenoxy) is 1. The van der Waals surface area contributed by atoms with Crippen molar-refractivity contribution in [3.63, 3.8) is 0 Å². The minimum atomic E-state index is -4.67. The molecule has 3 aromatic rings. The van der Waals surface area contributed by atoms with Crippen molar-refractivity contribution in [3.8, 4) is 5.75 Å². The Hall–Kier alpha value is -3.36. The number of hydrogen-bond acceptors (Lipinski definition) is 5. The number of nitrogens with one attached hydrogen (secondary N) is 2. The maximum Gasteiger partial charge on any atom is 0.451 e. The summed E-state index contributed by atoms with van der Waals surface area (Å²) in [5.41, 5.74) is 1.05. The van der Waals surface area contributed by atoms with Gasteiger partial charge in [-0.3, -0.25) is 4.79 Å². The van der Waals surface area contributed by atoms with Crippen molar-refractivity contribution in [2.45, 2.75) is 6.18 Å². The number of nitrogens with zero attached hydrogens (tertiary/aromatic N) is 2. The van der Waals surface area contributed by atoms with E-state index in [9.17, 15) is 18.0 Å². The number of benzene rings is 2. The second-order valence-electron chi connectivity index (χ2n) is 5.58. The molecule has 2 heterocycles. The van der Waals surface area contributed by atoms with Crippen LogP contribution in [0.25, 0.3) is 10.9 Å². The molecule has 1 aliphatic heterocycles. The maximum absolute atomic E-state index is 13.1. The predicted molar refractivity (Wildman–Crippen MR) is 88.4 cm³/mol. The third kappa shape index (κ3) is 2.99. The quantitative estimate of drug-likeness (QED) is 0.728. The Bertz CT molecular complexity index is 1020. The van der Waals surface area contributed by atoms with Gasteiger partial charge >= 0.3 is 6.18 Å². The summed E-state index contributed by atoms with van der Waals surface area (Å²) >= 11 is 0. The molecule has 4 rings (SSSR count). The van der Waals surface area contributed by atoms with Gasteiger partial charge in [0.15, 0.2) is 6.61 Å². The van der Waals surface area contributed by atoms with Gasteiger partial charge in [0.1, 0.15) is 11.6 Å². The van der Waals surface area contributed by atoms with E-state index in [2.05, 4.69) is 20.6 Å². The van der Waals surface area contributed by atoms with E-state index in [0.29, 0.717) is 22.5 Å². The normalized spacial score (nSPS) is 13.7. The summed E-state index contributed by atoms with van der Waals surface area (Å²) in [5, 5.41) is 5.95. The molecule has 26 heavy (non-hydrogen) atoms. The van der Waals surface area contributed by atoms with E-state index >= 15 is 0 Å². The van der Waals surface area contributed by atoms with E-state index in [1.807, 2.05) is 0 Å². The number of hydrogen-bond donors (Lipinski definition) is 2. The van der Waals surface area contributed by atoms with Gasteiger partial charge in [-0.25, -0.2) is 9.97 Å². The van der Waals surface area contributed by atoms with Crippen LogP contribution in [0.2, 0.25) is 0 Å². The number of para-hydroxylation sites is 1. The molecule has 2 aromatic carbocycles. The molecule has 0 aliphatic carbocycles. The molecule has 0 unspecified atom stereocenters. The minimum absolute atomic E-state index is 0.0194. The van der Waals surface area contributed by atoms with Gasteiger partial charge in [-0.05, 0) is 30.3 Å². The molecule has 1 aliphatic rings. The van der Waals surface area contributed by atoms with Crippen molar-refractivity contribution in [2.75, 3.05) is 17.2 Å². The zero-order valence-electron chi connectivity index (χ0n) is 13.1. The second kappa shape index (κ2) is 5.87. The molecule has 2 N–H and O–H groups in total. The molecule has 9 heteroatoms. The number of alkyl halides is 3. The summed E-state index contributed by atoms with van der Waals surface area (Å²) in [6.07, 6.45) is -4.67. The van der Waals surface area contributed by atoms with Gasteiger partial charge < -0.3 is 15.4 Å². The highest BCUT2D eigenvalue weighted by Gasteiger charge is 2.35. The van der Waals surface area contributed by atoms with Gasteiger partial charge in [-0.2, -0.15) is 13.2 Å². The fourth-order valence-electron chi connectivity index (χ4n) is 2.60. The highest BCUT2D eigenvalue weighted by atomic mass is 19.4. The first-order valence-corrected chi connectivity index (χ1v) is 7.58. The second-order valence-corrected chi connectivity index (χ2v) is 5.58. The first-order chi connectivity index (χ1) is 12.4. The zero-order chi connectivity index (χ0) is 18.3. The number of halogens is 3. The van der Waals surface area contributed by atoms with Crippen LogP contribution in [0.5, 0.6) is 5.75 Å². The van der Waals surface area contributed by atoms with E-state index in [0.717, 1.165) is 0 Å². The van der Waals surface area contributed by atoms with Crippen molar-refractivity contribution in [1.82, 2.24) is 9.97 Å². The van der Waals surface area contributed by atoms with Crippen LogP contribution in [0, 0.1) is 0 Å². The number of anilines is 3. The Kier molecular flexibility index (Phi) is 3.64. The summed E-state index contributed by atoms with van der Waals surface area (Å²) in [6.45, 7) is -0.0781. The van der Waals surface area contributed by atoms with E-state index in [-0.39, 0.29) is 23.8 Å². The summed E-state index contributed by atoms with van der Waals surface area (Å²) in [5.74, 6) is -1.03. The van der Waals surface area contributed by atoms with Gasteiger partial charge in [-0.1, -0.05) is 12.1 Å². The number of rotatable bonds is 2. The topological polar surface area (TPSA) is 76.1 Å². The molecule has 1 amide bonds. The van der Waals surface area contributed by atoms with Crippen molar-refractivity contribution < 1.29 is 22.7 Å². The molecule has 132 valence electrons. The Morgan fingerprint density at radius 1 is 1.12 bits per heavy atom. The highest BCUT2D eigenvalue weighted by Crippen LogP contribution is 2.34. The third-order valence-corrected chi connectivity index (χ3v) is 3.73. The number of fused-ring (bicyclic) bond motifs is 2. The van der Waals surface area contributed by atoms with Crippen molar-refractivity contribution in [1.29, 1.82) is 0 Å². The number of carbonyl (C=O) groups is 1. The van der Waals surface area contributed by atoms with Crippen molar-refractivity contribution in [3.05, 3.63) is 48.3 Å². The Balaban J connectivity index is 1.77. The molecule has 0 saturated carbocycles. The lowest BCUT2D eigenvalue weighted by molar-refractivity contribution is -0.144. The average molecular weight is 360 g/mol. The van der Waals surface area contributed by atoms with Crippen LogP contribution in [0.15, 0.2) is 42.5 Å². The Labute approximate surface area is 145 Å². The van der Waals surface area contributed by atoms with Crippen LogP contribution >= 0.6 is 0 Å². The predicted octanol–water partition coefficient (Wildman–Crippen LogP) is 3.72. The SMILES string of the molecule is O=C1COc2ccc(Nc3nc(C(F)(F)F)nc4ccccc34)cc2N1. The molecule has 0 saturated heterocycles. The van der Waals surface area contributed by atoms with Crippen molar-refractivity contribution >= 4 is 34.0 Å². The number of amides is 1.